The lowest BCUT2D eigenvalue weighted by Crippen LogP contribution is -2.27. The number of carbonyl (C=O) groups is 1. The Morgan fingerprint density at radius 2 is 2.09 bits per heavy atom. The molecule has 2 aromatic carbocycles. The SMILES string of the molecule is COc1cccc2ccc(NC(=O)NCc3ccco3)cc12. The van der Waals surface area contributed by atoms with Crippen molar-refractivity contribution >= 4 is 22.5 Å². The van der Waals surface area contributed by atoms with Crippen LogP contribution in [0.5, 0.6) is 5.75 Å². The molecule has 0 spiro atoms. The molecule has 2 N–H and O–H groups in total. The molecule has 1 aromatic heterocycles. The van der Waals surface area contributed by atoms with Crippen LogP contribution >= 0.6 is 0 Å². The van der Waals surface area contributed by atoms with Crippen molar-refractivity contribution < 1.29 is 13.9 Å². The number of furan rings is 1. The molecule has 0 aliphatic rings. The van der Waals surface area contributed by atoms with Crippen molar-refractivity contribution in [3.05, 3.63) is 60.6 Å². The van der Waals surface area contributed by atoms with Gasteiger partial charge in [0.1, 0.15) is 11.5 Å². The topological polar surface area (TPSA) is 63.5 Å². The highest BCUT2D eigenvalue weighted by atomic mass is 16.5. The molecule has 2 amide bonds. The standard InChI is InChI=1S/C17H16N2O3/c1-21-16-6-2-4-12-7-8-13(10-15(12)16)19-17(20)18-11-14-5-3-9-22-14/h2-10H,11H2,1H3,(H2,18,19,20). The van der Waals surface area contributed by atoms with Crippen molar-refractivity contribution in [2.75, 3.05) is 12.4 Å². The van der Waals surface area contributed by atoms with Gasteiger partial charge in [-0.2, -0.15) is 0 Å². The summed E-state index contributed by atoms with van der Waals surface area (Å²) in [6.07, 6.45) is 1.57. The summed E-state index contributed by atoms with van der Waals surface area (Å²) in [7, 11) is 1.63. The smallest absolute Gasteiger partial charge is 0.319 e. The van der Waals surface area contributed by atoms with Crippen LogP contribution < -0.4 is 15.4 Å². The molecule has 5 nitrogen and oxygen atoms in total. The molecule has 0 unspecified atom stereocenters. The number of amides is 2. The third-order valence-corrected chi connectivity index (χ3v) is 3.32. The van der Waals surface area contributed by atoms with Gasteiger partial charge in [0.25, 0.3) is 0 Å². The van der Waals surface area contributed by atoms with Crippen LogP contribution in [0.1, 0.15) is 5.76 Å². The van der Waals surface area contributed by atoms with E-state index in [1.54, 1.807) is 25.5 Å². The van der Waals surface area contributed by atoms with Gasteiger partial charge in [-0.1, -0.05) is 18.2 Å². The fourth-order valence-electron chi connectivity index (χ4n) is 2.26. The molecule has 0 aliphatic carbocycles. The van der Waals surface area contributed by atoms with E-state index >= 15 is 0 Å². The van der Waals surface area contributed by atoms with Gasteiger partial charge in [0, 0.05) is 11.1 Å². The van der Waals surface area contributed by atoms with E-state index in [9.17, 15) is 4.79 Å². The van der Waals surface area contributed by atoms with Crippen LogP contribution in [0.25, 0.3) is 10.8 Å². The molecule has 0 fully saturated rings. The summed E-state index contributed by atoms with van der Waals surface area (Å²) in [5, 5.41) is 7.54. The average Bonchev–Trinajstić information content (AvgIpc) is 3.06. The summed E-state index contributed by atoms with van der Waals surface area (Å²) in [6.45, 7) is 0.343. The minimum absolute atomic E-state index is 0.286. The summed E-state index contributed by atoms with van der Waals surface area (Å²) in [5.41, 5.74) is 0.703. The zero-order valence-electron chi connectivity index (χ0n) is 12.1. The number of anilines is 1. The monoisotopic (exact) mass is 296 g/mol. The van der Waals surface area contributed by atoms with Gasteiger partial charge in [0.05, 0.1) is 19.9 Å². The van der Waals surface area contributed by atoms with Crippen molar-refractivity contribution in [2.24, 2.45) is 0 Å². The number of nitrogens with one attached hydrogen (secondary N) is 2. The van der Waals surface area contributed by atoms with Crippen molar-refractivity contribution in [1.82, 2.24) is 5.32 Å². The normalized spacial score (nSPS) is 10.4. The second-order valence-corrected chi connectivity index (χ2v) is 4.78. The predicted octanol–water partition coefficient (Wildman–Crippen LogP) is 3.76. The van der Waals surface area contributed by atoms with E-state index < -0.39 is 0 Å². The molecule has 5 heteroatoms. The Labute approximate surface area is 127 Å². The second-order valence-electron chi connectivity index (χ2n) is 4.78. The predicted molar refractivity (Wildman–Crippen MR) is 85.1 cm³/mol. The van der Waals surface area contributed by atoms with Gasteiger partial charge in [-0.25, -0.2) is 4.79 Å². The quantitative estimate of drug-likeness (QED) is 0.770. The number of carbonyl (C=O) groups excluding carboxylic acids is 1. The number of benzene rings is 2. The number of hydrogen-bond donors (Lipinski definition) is 2. The number of fused-ring (bicyclic) bond motifs is 1. The van der Waals surface area contributed by atoms with Gasteiger partial charge in [-0.05, 0) is 35.7 Å². The first-order valence-electron chi connectivity index (χ1n) is 6.90. The van der Waals surface area contributed by atoms with Gasteiger partial charge >= 0.3 is 6.03 Å². The van der Waals surface area contributed by atoms with Gasteiger partial charge in [-0.3, -0.25) is 0 Å². The van der Waals surface area contributed by atoms with E-state index in [0.29, 0.717) is 18.0 Å². The molecule has 112 valence electrons. The van der Waals surface area contributed by atoms with E-state index in [1.807, 2.05) is 36.4 Å². The minimum atomic E-state index is -0.286. The van der Waals surface area contributed by atoms with Crippen LogP contribution in [-0.4, -0.2) is 13.1 Å². The highest BCUT2D eigenvalue weighted by Crippen LogP contribution is 2.27. The van der Waals surface area contributed by atoms with E-state index in [2.05, 4.69) is 10.6 Å². The molecule has 0 bridgehead atoms. The van der Waals surface area contributed by atoms with E-state index in [1.165, 1.54) is 0 Å². The Balaban J connectivity index is 1.71. The Bertz CT molecular complexity index is 782. The molecule has 1 heterocycles. The molecule has 22 heavy (non-hydrogen) atoms. The molecule has 0 saturated heterocycles. The van der Waals surface area contributed by atoms with Crippen LogP contribution in [0, 0.1) is 0 Å². The fourth-order valence-corrected chi connectivity index (χ4v) is 2.26. The van der Waals surface area contributed by atoms with E-state index in [-0.39, 0.29) is 6.03 Å². The van der Waals surface area contributed by atoms with Crippen LogP contribution in [0.4, 0.5) is 10.5 Å². The molecule has 0 atom stereocenters. The maximum absolute atomic E-state index is 11.9. The fraction of sp³-hybridized carbons (Fsp3) is 0.118. The molecule has 0 radical (unpaired) electrons. The number of rotatable bonds is 4. The third kappa shape index (κ3) is 3.03. The number of urea groups is 1. The highest BCUT2D eigenvalue weighted by molar-refractivity contribution is 5.95. The van der Waals surface area contributed by atoms with E-state index in [4.69, 9.17) is 9.15 Å². The van der Waals surface area contributed by atoms with Gasteiger partial charge in [-0.15, -0.1) is 0 Å². The zero-order chi connectivity index (χ0) is 15.4. The largest absolute Gasteiger partial charge is 0.496 e. The summed E-state index contributed by atoms with van der Waals surface area (Å²) >= 11 is 0. The minimum Gasteiger partial charge on any atom is -0.496 e. The molecular weight excluding hydrogens is 280 g/mol. The third-order valence-electron chi connectivity index (χ3n) is 3.32. The maximum Gasteiger partial charge on any atom is 0.319 e. The first-order chi connectivity index (χ1) is 10.8. The summed E-state index contributed by atoms with van der Waals surface area (Å²) in [5.74, 6) is 1.48. The Hall–Kier alpha value is -2.95. The molecule has 0 saturated carbocycles. The highest BCUT2D eigenvalue weighted by Gasteiger charge is 2.06. The zero-order valence-corrected chi connectivity index (χ0v) is 12.1. The lowest BCUT2D eigenvalue weighted by molar-refractivity contribution is 0.251. The van der Waals surface area contributed by atoms with Crippen molar-refractivity contribution in [3.8, 4) is 5.75 Å². The van der Waals surface area contributed by atoms with Crippen LogP contribution in [0.3, 0.4) is 0 Å². The summed E-state index contributed by atoms with van der Waals surface area (Å²) < 4.78 is 10.5. The average molecular weight is 296 g/mol. The molecule has 3 aromatic rings. The second kappa shape index (κ2) is 6.22. The lowest BCUT2D eigenvalue weighted by atomic mass is 10.1. The van der Waals surface area contributed by atoms with Crippen LogP contribution in [0.15, 0.2) is 59.2 Å². The van der Waals surface area contributed by atoms with Gasteiger partial charge < -0.3 is 19.8 Å². The maximum atomic E-state index is 11.9. The van der Waals surface area contributed by atoms with Gasteiger partial charge in [0.15, 0.2) is 0 Å². The van der Waals surface area contributed by atoms with Crippen molar-refractivity contribution in [2.45, 2.75) is 6.54 Å². The Kier molecular flexibility index (Phi) is 3.96. The first kappa shape index (κ1) is 14.0. The number of hydrogen-bond acceptors (Lipinski definition) is 3. The molecule has 0 aliphatic heterocycles. The Morgan fingerprint density at radius 3 is 2.86 bits per heavy atom. The number of methoxy groups -OCH3 is 1. The summed E-state index contributed by atoms with van der Waals surface area (Å²) in [6, 6.07) is 14.8. The molecule has 3 rings (SSSR count). The summed E-state index contributed by atoms with van der Waals surface area (Å²) in [4.78, 5) is 11.9. The first-order valence-corrected chi connectivity index (χ1v) is 6.90. The lowest BCUT2D eigenvalue weighted by Gasteiger charge is -2.09. The van der Waals surface area contributed by atoms with Gasteiger partial charge in [0.2, 0.25) is 0 Å². The van der Waals surface area contributed by atoms with Crippen LogP contribution in [-0.2, 0) is 6.54 Å². The van der Waals surface area contributed by atoms with Crippen molar-refractivity contribution in [1.29, 1.82) is 0 Å². The van der Waals surface area contributed by atoms with Crippen LogP contribution in [0.2, 0.25) is 0 Å². The molecular formula is C17H16N2O3. The van der Waals surface area contributed by atoms with E-state index in [0.717, 1.165) is 16.5 Å². The Morgan fingerprint density at radius 1 is 1.18 bits per heavy atom. The van der Waals surface area contributed by atoms with Crippen molar-refractivity contribution in [3.63, 3.8) is 0 Å². The number of ether oxygens (including phenoxy) is 1.